The van der Waals surface area contributed by atoms with Crippen molar-refractivity contribution in [3.8, 4) is 0 Å². The van der Waals surface area contributed by atoms with Crippen molar-refractivity contribution < 1.29 is 4.79 Å². The van der Waals surface area contributed by atoms with Gasteiger partial charge < -0.3 is 4.57 Å². The van der Waals surface area contributed by atoms with Crippen LogP contribution in [0.5, 0.6) is 0 Å². The minimum Gasteiger partial charge on any atom is -0.331 e. The van der Waals surface area contributed by atoms with Gasteiger partial charge in [0.05, 0.1) is 21.8 Å². The molecule has 3 nitrogen and oxygen atoms in total. The number of hydrogen-bond donors (Lipinski definition) is 0. The predicted octanol–water partition coefficient (Wildman–Crippen LogP) is 4.37. The summed E-state index contributed by atoms with van der Waals surface area (Å²) in [5, 5.41) is 0. The maximum Gasteiger partial charge on any atom is 0.172 e. The van der Waals surface area contributed by atoms with Gasteiger partial charge in [-0.15, -0.1) is 11.3 Å². The molecule has 1 aromatic carbocycles. The second-order valence-corrected chi connectivity index (χ2v) is 6.70. The lowest BCUT2D eigenvalue weighted by Crippen LogP contribution is -2.08. The average molecular weight is 325 g/mol. The molecule has 0 aliphatic carbocycles. The fourth-order valence-corrected chi connectivity index (χ4v) is 3.62. The van der Waals surface area contributed by atoms with E-state index in [0.29, 0.717) is 14.2 Å². The van der Waals surface area contributed by atoms with Crippen LogP contribution in [0, 0.1) is 0 Å². The number of hydrogen-bond acceptors (Lipinski definition) is 3. The number of carbonyl (C=O) groups excluding carboxylic acids is 1. The molecule has 0 amide bonds. The van der Waals surface area contributed by atoms with Crippen LogP contribution in [0.1, 0.15) is 16.2 Å². The van der Waals surface area contributed by atoms with E-state index >= 15 is 0 Å². The number of Topliss-reactive ketones (excluding diaryl/α,β-unsaturated/α-hetero) is 1. The Bertz CT molecular complexity index is 807. The molecule has 6 heteroatoms. The van der Waals surface area contributed by atoms with E-state index in [9.17, 15) is 4.79 Å². The van der Waals surface area contributed by atoms with Gasteiger partial charge in [-0.2, -0.15) is 0 Å². The molecule has 0 spiro atoms. The fraction of sp³-hybridized carbons (Fsp3) is 0.143. The van der Waals surface area contributed by atoms with E-state index in [4.69, 9.17) is 23.2 Å². The molecule has 0 saturated carbocycles. The van der Waals surface area contributed by atoms with E-state index < -0.39 is 0 Å². The van der Waals surface area contributed by atoms with E-state index in [-0.39, 0.29) is 12.2 Å². The largest absolute Gasteiger partial charge is 0.331 e. The van der Waals surface area contributed by atoms with Crippen LogP contribution in [0.3, 0.4) is 0 Å². The number of ketones is 1. The molecular weight excluding hydrogens is 315 g/mol. The molecule has 2 heterocycles. The molecule has 0 N–H and O–H groups in total. The fourth-order valence-electron chi connectivity index (χ4n) is 2.12. The van der Waals surface area contributed by atoms with Gasteiger partial charge in [-0.05, 0) is 18.2 Å². The van der Waals surface area contributed by atoms with Gasteiger partial charge in [-0.3, -0.25) is 4.79 Å². The number of halogens is 2. The first kappa shape index (κ1) is 13.6. The quantitative estimate of drug-likeness (QED) is 0.670. The highest BCUT2D eigenvalue weighted by Gasteiger charge is 2.17. The molecule has 0 atom stereocenters. The van der Waals surface area contributed by atoms with Crippen molar-refractivity contribution in [3.63, 3.8) is 0 Å². The number of carbonyl (C=O) groups is 1. The second kappa shape index (κ2) is 5.20. The van der Waals surface area contributed by atoms with E-state index in [2.05, 4.69) is 4.98 Å². The van der Waals surface area contributed by atoms with Crippen LogP contribution in [0.2, 0.25) is 8.67 Å². The van der Waals surface area contributed by atoms with Gasteiger partial charge in [-0.1, -0.05) is 35.3 Å². The molecule has 102 valence electrons. The van der Waals surface area contributed by atoms with Gasteiger partial charge in [0.15, 0.2) is 5.78 Å². The van der Waals surface area contributed by atoms with Crippen molar-refractivity contribution in [3.05, 3.63) is 50.4 Å². The van der Waals surface area contributed by atoms with Crippen LogP contribution >= 0.6 is 34.5 Å². The van der Waals surface area contributed by atoms with Crippen LogP contribution in [0.4, 0.5) is 0 Å². The van der Waals surface area contributed by atoms with Gasteiger partial charge in [0.1, 0.15) is 10.2 Å². The van der Waals surface area contributed by atoms with Crippen LogP contribution in [-0.4, -0.2) is 15.3 Å². The predicted molar refractivity (Wildman–Crippen MR) is 83.1 cm³/mol. The van der Waals surface area contributed by atoms with Gasteiger partial charge in [0.2, 0.25) is 0 Å². The van der Waals surface area contributed by atoms with Crippen molar-refractivity contribution in [2.45, 2.75) is 6.42 Å². The lowest BCUT2D eigenvalue weighted by Gasteiger charge is -2.01. The molecule has 20 heavy (non-hydrogen) atoms. The molecule has 3 rings (SSSR count). The van der Waals surface area contributed by atoms with E-state index in [1.54, 1.807) is 6.07 Å². The first-order valence-electron chi connectivity index (χ1n) is 5.94. The highest BCUT2D eigenvalue weighted by atomic mass is 35.5. The number of nitrogens with zero attached hydrogens (tertiary/aromatic N) is 2. The summed E-state index contributed by atoms with van der Waals surface area (Å²) < 4.78 is 2.87. The number of thiophene rings is 1. The molecule has 0 radical (unpaired) electrons. The minimum absolute atomic E-state index is 0.0726. The Morgan fingerprint density at radius 2 is 2.10 bits per heavy atom. The highest BCUT2D eigenvalue weighted by molar-refractivity contribution is 7.20. The zero-order valence-corrected chi connectivity index (χ0v) is 12.9. The zero-order chi connectivity index (χ0) is 14.3. The second-order valence-electron chi connectivity index (χ2n) is 4.41. The molecule has 3 aromatic rings. The van der Waals surface area contributed by atoms with E-state index in [1.807, 2.05) is 35.9 Å². The van der Waals surface area contributed by atoms with Gasteiger partial charge in [0.25, 0.3) is 0 Å². The van der Waals surface area contributed by atoms with Crippen molar-refractivity contribution in [2.24, 2.45) is 7.05 Å². The third-order valence-corrected chi connectivity index (χ3v) is 4.64. The number of fused-ring (bicyclic) bond motifs is 1. The molecule has 0 saturated heterocycles. The number of imidazole rings is 1. The Morgan fingerprint density at radius 1 is 1.35 bits per heavy atom. The van der Waals surface area contributed by atoms with Crippen molar-refractivity contribution in [1.82, 2.24) is 9.55 Å². The lowest BCUT2D eigenvalue weighted by molar-refractivity contribution is 0.0990. The summed E-state index contributed by atoms with van der Waals surface area (Å²) in [7, 11) is 1.90. The third kappa shape index (κ3) is 2.35. The number of para-hydroxylation sites is 2. The Labute approximate surface area is 129 Å². The van der Waals surface area contributed by atoms with Gasteiger partial charge in [-0.25, -0.2) is 4.98 Å². The summed E-state index contributed by atoms with van der Waals surface area (Å²) in [6.07, 6.45) is 0.206. The molecular formula is C14H10Cl2N2OS. The highest BCUT2D eigenvalue weighted by Crippen LogP contribution is 2.32. The summed E-state index contributed by atoms with van der Waals surface area (Å²) in [5.74, 6) is 0.645. The standard InChI is InChI=1S/C14H10Cl2N2OS/c1-18-10-5-3-2-4-9(10)17-13(18)7-11(19)8-6-12(15)20-14(8)16/h2-6H,7H2,1H3. The van der Waals surface area contributed by atoms with Crippen molar-refractivity contribution >= 4 is 51.4 Å². The Kier molecular flexibility index (Phi) is 3.54. The third-order valence-electron chi connectivity index (χ3n) is 3.16. The van der Waals surface area contributed by atoms with Gasteiger partial charge >= 0.3 is 0 Å². The average Bonchev–Trinajstić information content (AvgIpc) is 2.91. The molecule has 2 aromatic heterocycles. The summed E-state index contributed by atoms with van der Waals surface area (Å²) in [5.41, 5.74) is 2.35. The van der Waals surface area contributed by atoms with Crippen LogP contribution in [0.15, 0.2) is 30.3 Å². The van der Waals surface area contributed by atoms with Gasteiger partial charge in [0, 0.05) is 12.6 Å². The smallest absolute Gasteiger partial charge is 0.172 e. The SMILES string of the molecule is Cn1c(CC(=O)c2cc(Cl)sc2Cl)nc2ccccc21. The number of benzene rings is 1. The molecule has 0 aliphatic heterocycles. The van der Waals surface area contributed by atoms with Crippen molar-refractivity contribution in [1.29, 1.82) is 0 Å². The normalized spacial score (nSPS) is 11.2. The first-order valence-corrected chi connectivity index (χ1v) is 7.52. The molecule has 0 unspecified atom stereocenters. The molecule has 0 aliphatic rings. The molecule has 0 fully saturated rings. The van der Waals surface area contributed by atoms with Crippen molar-refractivity contribution in [2.75, 3.05) is 0 Å². The monoisotopic (exact) mass is 324 g/mol. The first-order chi connectivity index (χ1) is 9.56. The number of aryl methyl sites for hydroxylation is 1. The maximum absolute atomic E-state index is 12.3. The molecule has 0 bridgehead atoms. The summed E-state index contributed by atoms with van der Waals surface area (Å²) in [6, 6.07) is 9.39. The zero-order valence-electron chi connectivity index (χ0n) is 10.6. The Hall–Kier alpha value is -1.36. The van der Waals surface area contributed by atoms with E-state index in [0.717, 1.165) is 16.9 Å². The number of rotatable bonds is 3. The Morgan fingerprint density at radius 3 is 2.75 bits per heavy atom. The lowest BCUT2D eigenvalue weighted by atomic mass is 10.1. The summed E-state index contributed by atoms with van der Waals surface area (Å²) in [4.78, 5) is 16.8. The summed E-state index contributed by atoms with van der Waals surface area (Å²) >= 11 is 13.1. The topological polar surface area (TPSA) is 34.9 Å². The van der Waals surface area contributed by atoms with Crippen LogP contribution in [-0.2, 0) is 13.5 Å². The minimum atomic E-state index is -0.0726. The van der Waals surface area contributed by atoms with E-state index in [1.165, 1.54) is 11.3 Å². The Balaban J connectivity index is 1.95. The number of aromatic nitrogens is 2. The summed E-state index contributed by atoms with van der Waals surface area (Å²) in [6.45, 7) is 0. The maximum atomic E-state index is 12.3. The van der Waals surface area contributed by atoms with Crippen LogP contribution in [0.25, 0.3) is 11.0 Å². The van der Waals surface area contributed by atoms with Crippen LogP contribution < -0.4 is 0 Å².